The first-order valence-corrected chi connectivity index (χ1v) is 8.67. The number of hydrogen-bond acceptors (Lipinski definition) is 6. The van der Waals surface area contributed by atoms with Gasteiger partial charge in [-0.05, 0) is 47.2 Å². The molecule has 1 heterocycles. The second kappa shape index (κ2) is 7.80. The van der Waals surface area contributed by atoms with Crippen molar-refractivity contribution in [1.82, 2.24) is 25.5 Å². The van der Waals surface area contributed by atoms with E-state index >= 15 is 0 Å². The molecule has 1 atom stereocenters. The molecular weight excluding hydrogens is 338 g/mol. The SMILES string of the molecule is C[C@H](NC(=O)CSc1nnnn1-c1ccc(O)cc1)c1ccccc1. The number of phenolic OH excluding ortho intramolecular Hbond substituents is 1. The maximum Gasteiger partial charge on any atom is 0.230 e. The molecule has 0 aliphatic carbocycles. The summed E-state index contributed by atoms with van der Waals surface area (Å²) in [6.07, 6.45) is 0. The highest BCUT2D eigenvalue weighted by Gasteiger charge is 2.13. The van der Waals surface area contributed by atoms with Crippen molar-refractivity contribution in [3.63, 3.8) is 0 Å². The van der Waals surface area contributed by atoms with Crippen molar-refractivity contribution >= 4 is 17.7 Å². The fraction of sp³-hybridized carbons (Fsp3) is 0.176. The average Bonchev–Trinajstić information content (AvgIpc) is 3.10. The van der Waals surface area contributed by atoms with Gasteiger partial charge in [0.15, 0.2) is 0 Å². The Labute approximate surface area is 149 Å². The molecule has 3 aromatic rings. The standard InChI is InChI=1S/C17H17N5O2S/c1-12(13-5-3-2-4-6-13)18-16(24)11-25-17-19-20-21-22(17)14-7-9-15(23)10-8-14/h2-10,12,23H,11H2,1H3,(H,18,24)/t12-/m0/s1. The first-order valence-electron chi connectivity index (χ1n) is 7.68. The zero-order valence-electron chi connectivity index (χ0n) is 13.5. The predicted octanol–water partition coefficient (Wildman–Crippen LogP) is 2.34. The van der Waals surface area contributed by atoms with Crippen LogP contribution in [0.1, 0.15) is 18.5 Å². The second-order valence-electron chi connectivity index (χ2n) is 5.38. The van der Waals surface area contributed by atoms with Crippen molar-refractivity contribution in [3.8, 4) is 11.4 Å². The number of phenols is 1. The molecule has 0 saturated heterocycles. The Bertz CT molecular complexity index is 836. The molecule has 1 amide bonds. The van der Waals surface area contributed by atoms with Gasteiger partial charge in [-0.2, -0.15) is 4.68 Å². The summed E-state index contributed by atoms with van der Waals surface area (Å²) in [7, 11) is 0. The molecule has 8 heteroatoms. The Morgan fingerprint density at radius 2 is 1.92 bits per heavy atom. The number of tetrazole rings is 1. The van der Waals surface area contributed by atoms with Crippen LogP contribution in [0, 0.1) is 0 Å². The van der Waals surface area contributed by atoms with Gasteiger partial charge < -0.3 is 10.4 Å². The van der Waals surface area contributed by atoms with Crippen LogP contribution in [0.15, 0.2) is 59.8 Å². The number of aromatic hydroxyl groups is 1. The van der Waals surface area contributed by atoms with Crippen LogP contribution >= 0.6 is 11.8 Å². The van der Waals surface area contributed by atoms with E-state index in [2.05, 4.69) is 20.8 Å². The third-order valence-electron chi connectivity index (χ3n) is 3.54. The first kappa shape index (κ1) is 17.0. The molecule has 0 aliphatic heterocycles. The average molecular weight is 355 g/mol. The zero-order valence-corrected chi connectivity index (χ0v) is 14.3. The van der Waals surface area contributed by atoms with Gasteiger partial charge in [-0.3, -0.25) is 4.79 Å². The third kappa shape index (κ3) is 4.36. The molecule has 25 heavy (non-hydrogen) atoms. The molecule has 2 aromatic carbocycles. The van der Waals surface area contributed by atoms with E-state index in [-0.39, 0.29) is 23.5 Å². The minimum atomic E-state index is -0.0957. The molecule has 0 bridgehead atoms. The number of carbonyl (C=O) groups is 1. The number of rotatable bonds is 6. The van der Waals surface area contributed by atoms with Crippen LogP contribution in [0.25, 0.3) is 5.69 Å². The molecule has 0 fully saturated rings. The Balaban J connectivity index is 1.60. The Kier molecular flexibility index (Phi) is 5.30. The highest BCUT2D eigenvalue weighted by atomic mass is 32.2. The number of thioether (sulfide) groups is 1. The monoisotopic (exact) mass is 355 g/mol. The lowest BCUT2D eigenvalue weighted by Gasteiger charge is -2.13. The second-order valence-corrected chi connectivity index (χ2v) is 6.32. The van der Waals surface area contributed by atoms with Crippen LogP contribution in [0.2, 0.25) is 0 Å². The van der Waals surface area contributed by atoms with Crippen LogP contribution in [0.3, 0.4) is 0 Å². The number of nitrogens with one attached hydrogen (secondary N) is 1. The molecule has 0 radical (unpaired) electrons. The van der Waals surface area contributed by atoms with E-state index in [1.807, 2.05) is 37.3 Å². The molecule has 1 aromatic heterocycles. The first-order chi connectivity index (χ1) is 12.1. The number of benzene rings is 2. The summed E-state index contributed by atoms with van der Waals surface area (Å²) < 4.78 is 1.53. The lowest BCUT2D eigenvalue weighted by Crippen LogP contribution is -2.28. The fourth-order valence-electron chi connectivity index (χ4n) is 2.26. The third-order valence-corrected chi connectivity index (χ3v) is 4.46. The minimum absolute atomic E-state index is 0.0672. The number of hydrogen-bond donors (Lipinski definition) is 2. The molecule has 0 unspecified atom stereocenters. The molecule has 128 valence electrons. The van der Waals surface area contributed by atoms with Crippen molar-refractivity contribution in [3.05, 3.63) is 60.2 Å². The highest BCUT2D eigenvalue weighted by molar-refractivity contribution is 7.99. The summed E-state index contributed by atoms with van der Waals surface area (Å²) in [4.78, 5) is 12.2. The summed E-state index contributed by atoms with van der Waals surface area (Å²) in [5.41, 5.74) is 1.76. The lowest BCUT2D eigenvalue weighted by molar-refractivity contribution is -0.119. The Hall–Kier alpha value is -2.87. The normalized spacial score (nSPS) is 11.9. The van der Waals surface area contributed by atoms with E-state index < -0.39 is 0 Å². The van der Waals surface area contributed by atoms with E-state index in [4.69, 9.17) is 0 Å². The van der Waals surface area contributed by atoms with Gasteiger partial charge in [-0.1, -0.05) is 42.1 Å². The van der Waals surface area contributed by atoms with E-state index in [9.17, 15) is 9.90 Å². The maximum absolute atomic E-state index is 12.2. The van der Waals surface area contributed by atoms with Gasteiger partial charge >= 0.3 is 0 Å². The van der Waals surface area contributed by atoms with Gasteiger partial charge in [0.1, 0.15) is 5.75 Å². The molecule has 0 saturated carbocycles. The Morgan fingerprint density at radius 1 is 1.20 bits per heavy atom. The van der Waals surface area contributed by atoms with E-state index in [1.54, 1.807) is 24.3 Å². The van der Waals surface area contributed by atoms with Crippen LogP contribution in [-0.4, -0.2) is 37.0 Å². The molecule has 7 nitrogen and oxygen atoms in total. The van der Waals surface area contributed by atoms with E-state index in [1.165, 1.54) is 16.4 Å². The lowest BCUT2D eigenvalue weighted by atomic mass is 10.1. The van der Waals surface area contributed by atoms with E-state index in [0.29, 0.717) is 10.8 Å². The van der Waals surface area contributed by atoms with Gasteiger partial charge in [0.25, 0.3) is 0 Å². The molecule has 2 N–H and O–H groups in total. The van der Waals surface area contributed by atoms with Crippen molar-refractivity contribution in [2.45, 2.75) is 18.1 Å². The molecule has 3 rings (SSSR count). The topological polar surface area (TPSA) is 92.9 Å². The summed E-state index contributed by atoms with van der Waals surface area (Å²) in [6, 6.07) is 16.2. The number of nitrogens with zero attached hydrogens (tertiary/aromatic N) is 4. The van der Waals surface area contributed by atoms with Crippen LogP contribution in [0.5, 0.6) is 5.75 Å². The summed E-state index contributed by atoms with van der Waals surface area (Å²) in [6.45, 7) is 1.94. The molecule has 0 aliphatic rings. The summed E-state index contributed by atoms with van der Waals surface area (Å²) >= 11 is 1.25. The predicted molar refractivity (Wildman–Crippen MR) is 94.5 cm³/mol. The van der Waals surface area contributed by atoms with Crippen molar-refractivity contribution < 1.29 is 9.90 Å². The molecular formula is C17H17N5O2S. The van der Waals surface area contributed by atoms with Crippen molar-refractivity contribution in [2.24, 2.45) is 0 Å². The minimum Gasteiger partial charge on any atom is -0.508 e. The fourth-order valence-corrected chi connectivity index (χ4v) is 2.97. The quantitative estimate of drug-likeness (QED) is 0.659. The van der Waals surface area contributed by atoms with Gasteiger partial charge in [0.05, 0.1) is 17.5 Å². The number of aromatic nitrogens is 4. The van der Waals surface area contributed by atoms with Crippen molar-refractivity contribution in [2.75, 3.05) is 5.75 Å². The van der Waals surface area contributed by atoms with Crippen LogP contribution in [0.4, 0.5) is 0 Å². The number of carbonyl (C=O) groups excluding carboxylic acids is 1. The number of amides is 1. The van der Waals surface area contributed by atoms with Gasteiger partial charge in [-0.25, -0.2) is 0 Å². The summed E-state index contributed by atoms with van der Waals surface area (Å²) in [5, 5.41) is 24.3. The van der Waals surface area contributed by atoms with Crippen LogP contribution < -0.4 is 5.32 Å². The largest absolute Gasteiger partial charge is 0.508 e. The highest BCUT2D eigenvalue weighted by Crippen LogP contribution is 2.20. The van der Waals surface area contributed by atoms with Gasteiger partial charge in [-0.15, -0.1) is 5.10 Å². The van der Waals surface area contributed by atoms with Crippen molar-refractivity contribution in [1.29, 1.82) is 0 Å². The van der Waals surface area contributed by atoms with Gasteiger partial charge in [0.2, 0.25) is 11.1 Å². The van der Waals surface area contributed by atoms with Gasteiger partial charge in [0, 0.05) is 0 Å². The molecule has 0 spiro atoms. The van der Waals surface area contributed by atoms with Crippen LogP contribution in [-0.2, 0) is 4.79 Å². The van der Waals surface area contributed by atoms with E-state index in [0.717, 1.165) is 5.56 Å². The summed E-state index contributed by atoms with van der Waals surface area (Å²) in [5.74, 6) is 0.275. The smallest absolute Gasteiger partial charge is 0.230 e. The zero-order chi connectivity index (χ0) is 17.6. The maximum atomic E-state index is 12.2. The Morgan fingerprint density at radius 3 is 2.64 bits per heavy atom.